The number of H-pyrrole nitrogens is 1. The summed E-state index contributed by atoms with van der Waals surface area (Å²) in [4.78, 5) is 21.0. The van der Waals surface area contributed by atoms with E-state index in [1.165, 1.54) is 12.1 Å². The fourth-order valence-electron chi connectivity index (χ4n) is 4.03. The van der Waals surface area contributed by atoms with E-state index >= 15 is 0 Å². The molecule has 1 saturated carbocycles. The Hall–Kier alpha value is -2.71. The third-order valence-electron chi connectivity index (χ3n) is 5.74. The number of carbonyl (C=O) groups excluding carboxylic acids is 1. The summed E-state index contributed by atoms with van der Waals surface area (Å²) in [5, 5.41) is 3.01. The van der Waals surface area contributed by atoms with Crippen molar-refractivity contribution < 1.29 is 13.2 Å². The normalized spacial score (nSPS) is 16.1. The summed E-state index contributed by atoms with van der Waals surface area (Å²) in [6, 6.07) is 13.5. The van der Waals surface area contributed by atoms with Crippen LogP contribution in [0.15, 0.2) is 53.4 Å². The van der Waals surface area contributed by atoms with Crippen molar-refractivity contribution >= 4 is 27.0 Å². The van der Waals surface area contributed by atoms with Gasteiger partial charge in [-0.1, -0.05) is 44.9 Å². The summed E-state index contributed by atoms with van der Waals surface area (Å²) < 4.78 is 28.3. The van der Waals surface area contributed by atoms with Gasteiger partial charge >= 0.3 is 0 Å². The Bertz CT molecular complexity index is 1150. The number of aromatic nitrogens is 2. The van der Waals surface area contributed by atoms with Crippen molar-refractivity contribution in [2.75, 3.05) is 0 Å². The van der Waals surface area contributed by atoms with E-state index in [2.05, 4.69) is 20.0 Å². The summed E-state index contributed by atoms with van der Waals surface area (Å²) in [6.45, 7) is 4.01. The number of imidazole rings is 1. The van der Waals surface area contributed by atoms with Crippen LogP contribution in [0.5, 0.6) is 0 Å². The number of aromatic amines is 1. The summed E-state index contributed by atoms with van der Waals surface area (Å²) in [5.41, 5.74) is 2.04. The number of rotatable bonds is 7. The minimum atomic E-state index is -3.66. The average molecular weight is 441 g/mol. The zero-order valence-corrected chi connectivity index (χ0v) is 18.6. The lowest BCUT2D eigenvalue weighted by Crippen LogP contribution is -2.34. The first-order chi connectivity index (χ1) is 14.8. The number of benzene rings is 2. The second kappa shape index (κ2) is 8.80. The van der Waals surface area contributed by atoms with Crippen LogP contribution in [0.3, 0.4) is 0 Å². The number of para-hydroxylation sites is 2. The van der Waals surface area contributed by atoms with Gasteiger partial charge in [0.2, 0.25) is 10.0 Å². The van der Waals surface area contributed by atoms with Crippen molar-refractivity contribution in [1.29, 1.82) is 0 Å². The highest BCUT2D eigenvalue weighted by atomic mass is 32.2. The van der Waals surface area contributed by atoms with Crippen LogP contribution < -0.4 is 10.0 Å². The first-order valence-electron chi connectivity index (χ1n) is 10.7. The number of nitrogens with one attached hydrogen (secondary N) is 3. The molecule has 7 nitrogen and oxygen atoms in total. The SMILES string of the molecule is CC(C)[C@H](NC(=O)c1cccc(S(=O)(=O)NC2CCCC2)c1)c1nc2ccccc2[nH]1. The van der Waals surface area contributed by atoms with E-state index in [9.17, 15) is 13.2 Å². The molecule has 0 radical (unpaired) electrons. The third-order valence-corrected chi connectivity index (χ3v) is 7.26. The molecule has 164 valence electrons. The molecule has 0 bridgehead atoms. The minimum absolute atomic E-state index is 0.0270. The van der Waals surface area contributed by atoms with Crippen LogP contribution in [0.25, 0.3) is 11.0 Å². The lowest BCUT2D eigenvalue weighted by Gasteiger charge is -2.20. The van der Waals surface area contributed by atoms with Crippen LogP contribution in [0, 0.1) is 5.92 Å². The van der Waals surface area contributed by atoms with E-state index in [1.807, 2.05) is 38.1 Å². The molecule has 8 heteroatoms. The molecule has 1 aromatic heterocycles. The summed E-state index contributed by atoms with van der Waals surface area (Å²) in [5.74, 6) is 0.425. The van der Waals surface area contributed by atoms with Gasteiger partial charge in [0.05, 0.1) is 22.0 Å². The summed E-state index contributed by atoms with van der Waals surface area (Å²) >= 11 is 0. The predicted molar refractivity (Wildman–Crippen MR) is 120 cm³/mol. The van der Waals surface area contributed by atoms with Crippen LogP contribution in [0.4, 0.5) is 0 Å². The summed E-state index contributed by atoms with van der Waals surface area (Å²) in [6.07, 6.45) is 3.78. The second-order valence-corrected chi connectivity index (χ2v) is 10.2. The highest BCUT2D eigenvalue weighted by Gasteiger charge is 2.25. The van der Waals surface area contributed by atoms with Gasteiger partial charge in [-0.2, -0.15) is 0 Å². The van der Waals surface area contributed by atoms with Crippen LogP contribution >= 0.6 is 0 Å². The monoisotopic (exact) mass is 440 g/mol. The van der Waals surface area contributed by atoms with E-state index in [4.69, 9.17) is 0 Å². The molecule has 1 aliphatic rings. The zero-order valence-electron chi connectivity index (χ0n) is 17.8. The maximum atomic E-state index is 13.0. The molecule has 0 saturated heterocycles. The third kappa shape index (κ3) is 4.80. The molecule has 1 heterocycles. The Morgan fingerprint density at radius 3 is 2.55 bits per heavy atom. The van der Waals surface area contributed by atoms with Crippen LogP contribution in [0.1, 0.15) is 61.8 Å². The molecule has 0 spiro atoms. The number of amides is 1. The van der Waals surface area contributed by atoms with Crippen molar-refractivity contribution in [1.82, 2.24) is 20.0 Å². The van der Waals surface area contributed by atoms with Crippen LogP contribution in [0.2, 0.25) is 0 Å². The maximum Gasteiger partial charge on any atom is 0.251 e. The van der Waals surface area contributed by atoms with Crippen molar-refractivity contribution in [3.63, 3.8) is 0 Å². The van der Waals surface area contributed by atoms with Gasteiger partial charge in [0, 0.05) is 11.6 Å². The van der Waals surface area contributed by atoms with Gasteiger partial charge in [0.15, 0.2) is 0 Å². The Morgan fingerprint density at radius 2 is 1.84 bits per heavy atom. The molecule has 1 atom stereocenters. The van der Waals surface area contributed by atoms with Gasteiger partial charge in [-0.15, -0.1) is 0 Å². The Kier molecular flexibility index (Phi) is 6.11. The molecular formula is C23H28N4O3S. The van der Waals surface area contributed by atoms with Crippen molar-refractivity contribution in [3.05, 3.63) is 59.9 Å². The molecule has 1 aliphatic carbocycles. The average Bonchev–Trinajstić information content (AvgIpc) is 3.40. The van der Waals surface area contributed by atoms with E-state index in [0.717, 1.165) is 36.7 Å². The van der Waals surface area contributed by atoms with E-state index < -0.39 is 10.0 Å². The Balaban J connectivity index is 1.54. The van der Waals surface area contributed by atoms with Gasteiger partial charge in [0.1, 0.15) is 5.82 Å². The highest BCUT2D eigenvalue weighted by molar-refractivity contribution is 7.89. The number of nitrogens with zero attached hydrogens (tertiary/aromatic N) is 1. The fourth-order valence-corrected chi connectivity index (χ4v) is 5.38. The Morgan fingerprint density at radius 1 is 1.10 bits per heavy atom. The second-order valence-electron chi connectivity index (χ2n) is 8.46. The molecule has 31 heavy (non-hydrogen) atoms. The highest BCUT2D eigenvalue weighted by Crippen LogP contribution is 2.24. The number of fused-ring (bicyclic) bond motifs is 1. The quantitative estimate of drug-likeness (QED) is 0.518. The molecule has 1 fully saturated rings. The largest absolute Gasteiger partial charge is 0.342 e. The van der Waals surface area contributed by atoms with E-state index in [-0.39, 0.29) is 28.8 Å². The number of hydrogen-bond donors (Lipinski definition) is 3. The van der Waals surface area contributed by atoms with Gasteiger partial charge in [-0.25, -0.2) is 18.1 Å². The molecule has 0 aliphatic heterocycles. The van der Waals surface area contributed by atoms with Crippen molar-refractivity contribution in [2.45, 2.75) is 56.5 Å². The topological polar surface area (TPSA) is 104 Å². The molecule has 3 aromatic rings. The molecule has 0 unspecified atom stereocenters. The van der Waals surface area contributed by atoms with Crippen LogP contribution in [-0.2, 0) is 10.0 Å². The minimum Gasteiger partial charge on any atom is -0.342 e. The number of carbonyl (C=O) groups is 1. The van der Waals surface area contributed by atoms with Crippen molar-refractivity contribution in [2.24, 2.45) is 5.92 Å². The lowest BCUT2D eigenvalue weighted by molar-refractivity contribution is 0.0923. The molecular weight excluding hydrogens is 412 g/mol. The van der Waals surface area contributed by atoms with E-state index in [0.29, 0.717) is 11.4 Å². The molecule has 3 N–H and O–H groups in total. The fraction of sp³-hybridized carbons (Fsp3) is 0.391. The van der Waals surface area contributed by atoms with Crippen LogP contribution in [-0.4, -0.2) is 30.3 Å². The molecule has 4 rings (SSSR count). The standard InChI is InChI=1S/C23H28N4O3S/c1-15(2)21(22-24-19-12-5-6-13-20(19)25-22)26-23(28)16-8-7-11-18(14-16)31(29,30)27-17-9-3-4-10-17/h5-8,11-15,17,21,27H,3-4,9-10H2,1-2H3,(H,24,25)(H,26,28)/t21-/m0/s1. The van der Waals surface area contributed by atoms with Gasteiger partial charge in [-0.05, 0) is 49.1 Å². The van der Waals surface area contributed by atoms with Crippen molar-refractivity contribution in [3.8, 4) is 0 Å². The number of sulfonamides is 1. The Labute approximate surface area is 182 Å². The maximum absolute atomic E-state index is 13.0. The van der Waals surface area contributed by atoms with Gasteiger partial charge in [0.25, 0.3) is 5.91 Å². The molecule has 1 amide bonds. The first-order valence-corrected chi connectivity index (χ1v) is 12.2. The van der Waals surface area contributed by atoms with Gasteiger partial charge < -0.3 is 10.3 Å². The number of hydrogen-bond acceptors (Lipinski definition) is 4. The van der Waals surface area contributed by atoms with Gasteiger partial charge in [-0.3, -0.25) is 4.79 Å². The summed E-state index contributed by atoms with van der Waals surface area (Å²) in [7, 11) is -3.66. The molecule has 2 aromatic carbocycles. The first kappa shape index (κ1) is 21.5. The smallest absolute Gasteiger partial charge is 0.251 e. The zero-order chi connectivity index (χ0) is 22.0. The lowest BCUT2D eigenvalue weighted by atomic mass is 10.0. The van der Waals surface area contributed by atoms with E-state index in [1.54, 1.807) is 12.1 Å². The predicted octanol–water partition coefficient (Wildman–Crippen LogP) is 3.91.